The molecule has 0 aromatic carbocycles. The molecule has 0 heterocycles. The molecule has 0 bridgehead atoms. The van der Waals surface area contributed by atoms with Crippen molar-refractivity contribution in [2.75, 3.05) is 45.0 Å². The van der Waals surface area contributed by atoms with E-state index < -0.39 is 0 Å². The van der Waals surface area contributed by atoms with E-state index in [1.54, 1.807) is 0 Å². The van der Waals surface area contributed by atoms with Gasteiger partial charge in [0.25, 0.3) is 0 Å². The Bertz CT molecular complexity index is 270. The van der Waals surface area contributed by atoms with E-state index in [0.717, 1.165) is 44.7 Å². The molecule has 4 nitrogen and oxygen atoms in total. The molecule has 0 fully saturated rings. The van der Waals surface area contributed by atoms with Gasteiger partial charge < -0.3 is 10.6 Å². The molecule has 0 aromatic rings. The molecule has 0 radical (unpaired) electrons. The van der Waals surface area contributed by atoms with Gasteiger partial charge in [-0.05, 0) is 24.3 Å². The first-order valence-corrected chi connectivity index (χ1v) is 12.9. The third kappa shape index (κ3) is 17.5. The molecular formula is C14H26I2N2O2S2. The Kier molecular flexibility index (Phi) is 19.4. The SMILES string of the molecule is O=C(CCCSCCI)NCCNC(=O)CCCSCCI. The zero-order chi connectivity index (χ0) is 16.5. The predicted octanol–water partition coefficient (Wildman–Crippen LogP) is 3.12. The maximum Gasteiger partial charge on any atom is 0.220 e. The predicted molar refractivity (Wildman–Crippen MR) is 117 cm³/mol. The maximum absolute atomic E-state index is 11.6. The molecule has 8 heteroatoms. The number of alkyl halides is 2. The van der Waals surface area contributed by atoms with Crippen molar-refractivity contribution in [3.05, 3.63) is 0 Å². The third-order valence-electron chi connectivity index (χ3n) is 2.60. The molecule has 2 amide bonds. The molecule has 0 aliphatic rings. The smallest absolute Gasteiger partial charge is 0.220 e. The van der Waals surface area contributed by atoms with E-state index in [1.807, 2.05) is 23.5 Å². The Balaban J connectivity index is 3.32. The highest BCUT2D eigenvalue weighted by Crippen LogP contribution is 2.06. The van der Waals surface area contributed by atoms with E-state index in [1.165, 1.54) is 0 Å². The zero-order valence-corrected chi connectivity index (χ0v) is 18.8. The van der Waals surface area contributed by atoms with Crippen molar-refractivity contribution in [2.24, 2.45) is 0 Å². The van der Waals surface area contributed by atoms with Crippen LogP contribution in [-0.2, 0) is 9.59 Å². The van der Waals surface area contributed by atoms with Crippen LogP contribution in [0.25, 0.3) is 0 Å². The van der Waals surface area contributed by atoms with Crippen LogP contribution in [0, 0.1) is 0 Å². The Morgan fingerprint density at radius 3 is 1.50 bits per heavy atom. The van der Waals surface area contributed by atoms with Gasteiger partial charge in [-0.3, -0.25) is 9.59 Å². The number of halogens is 2. The summed E-state index contributed by atoms with van der Waals surface area (Å²) in [6.07, 6.45) is 3.01. The van der Waals surface area contributed by atoms with Gasteiger partial charge in [-0.1, -0.05) is 45.2 Å². The lowest BCUT2D eigenvalue weighted by molar-refractivity contribution is -0.122. The third-order valence-corrected chi connectivity index (χ3v) is 7.28. The van der Waals surface area contributed by atoms with Crippen LogP contribution in [0.2, 0.25) is 0 Å². The fourth-order valence-electron chi connectivity index (χ4n) is 1.56. The summed E-state index contributed by atoms with van der Waals surface area (Å²) in [5, 5.41) is 5.69. The topological polar surface area (TPSA) is 58.2 Å². The van der Waals surface area contributed by atoms with Gasteiger partial charge in [-0.2, -0.15) is 23.5 Å². The maximum atomic E-state index is 11.6. The Morgan fingerprint density at radius 2 is 1.14 bits per heavy atom. The number of nitrogens with one attached hydrogen (secondary N) is 2. The zero-order valence-electron chi connectivity index (χ0n) is 12.9. The number of hydrogen-bond donors (Lipinski definition) is 2. The van der Waals surface area contributed by atoms with Gasteiger partial charge in [0.1, 0.15) is 0 Å². The molecule has 0 saturated heterocycles. The summed E-state index contributed by atoms with van der Waals surface area (Å²) in [5.74, 6) is 4.57. The van der Waals surface area contributed by atoms with E-state index in [-0.39, 0.29) is 11.8 Å². The lowest BCUT2D eigenvalue weighted by atomic mass is 10.3. The van der Waals surface area contributed by atoms with E-state index >= 15 is 0 Å². The van der Waals surface area contributed by atoms with Crippen molar-refractivity contribution in [3.8, 4) is 0 Å². The fourth-order valence-corrected chi connectivity index (χ4v) is 4.76. The molecule has 0 aliphatic heterocycles. The molecule has 22 heavy (non-hydrogen) atoms. The first-order chi connectivity index (χ1) is 10.7. The monoisotopic (exact) mass is 572 g/mol. The Morgan fingerprint density at radius 1 is 0.727 bits per heavy atom. The molecule has 0 saturated carbocycles. The summed E-state index contributed by atoms with van der Waals surface area (Å²) in [6.45, 7) is 1.05. The normalized spacial score (nSPS) is 10.5. The van der Waals surface area contributed by atoms with Crippen LogP contribution in [0.15, 0.2) is 0 Å². The number of carbonyl (C=O) groups excluding carboxylic acids is 2. The quantitative estimate of drug-likeness (QED) is 0.180. The molecule has 0 rings (SSSR count). The molecule has 0 atom stereocenters. The summed E-state index contributed by atoms with van der Waals surface area (Å²) >= 11 is 8.50. The molecule has 2 N–H and O–H groups in total. The lowest BCUT2D eigenvalue weighted by Crippen LogP contribution is -2.34. The van der Waals surface area contributed by atoms with E-state index in [4.69, 9.17) is 0 Å². The van der Waals surface area contributed by atoms with Gasteiger partial charge in [0.05, 0.1) is 0 Å². The van der Waals surface area contributed by atoms with Gasteiger partial charge in [0.15, 0.2) is 0 Å². The fraction of sp³-hybridized carbons (Fsp3) is 0.857. The van der Waals surface area contributed by atoms with Crippen LogP contribution in [0.3, 0.4) is 0 Å². The molecule has 0 unspecified atom stereocenters. The summed E-state index contributed by atoms with van der Waals surface area (Å²) in [6, 6.07) is 0. The number of thioether (sulfide) groups is 2. The van der Waals surface area contributed by atoms with Crippen LogP contribution in [-0.4, -0.2) is 56.8 Å². The number of carbonyl (C=O) groups is 2. The van der Waals surface area contributed by atoms with Crippen LogP contribution < -0.4 is 10.6 Å². The van der Waals surface area contributed by atoms with Crippen molar-refractivity contribution >= 4 is 80.5 Å². The molecule has 0 aliphatic carbocycles. The van der Waals surface area contributed by atoms with Crippen LogP contribution in [0.4, 0.5) is 0 Å². The number of amides is 2. The van der Waals surface area contributed by atoms with Gasteiger partial charge >= 0.3 is 0 Å². The van der Waals surface area contributed by atoms with E-state index in [9.17, 15) is 9.59 Å². The van der Waals surface area contributed by atoms with Crippen LogP contribution in [0.5, 0.6) is 0 Å². The minimum Gasteiger partial charge on any atom is -0.354 e. The van der Waals surface area contributed by atoms with Gasteiger partial charge in [-0.25, -0.2) is 0 Å². The van der Waals surface area contributed by atoms with E-state index in [2.05, 4.69) is 55.8 Å². The summed E-state index contributed by atoms with van der Waals surface area (Å²) < 4.78 is 2.32. The Labute approximate surface area is 170 Å². The second kappa shape index (κ2) is 18.4. The van der Waals surface area contributed by atoms with Gasteiger partial charge in [0.2, 0.25) is 11.8 Å². The van der Waals surface area contributed by atoms with Gasteiger partial charge in [0, 0.05) is 46.3 Å². The first-order valence-electron chi connectivity index (χ1n) is 7.51. The van der Waals surface area contributed by atoms with Gasteiger partial charge in [-0.15, -0.1) is 0 Å². The second-order valence-corrected chi connectivity index (χ2v) is 9.12. The second-order valence-electron chi connectivity index (χ2n) is 4.51. The van der Waals surface area contributed by atoms with Crippen LogP contribution in [0.1, 0.15) is 25.7 Å². The molecule has 0 spiro atoms. The highest BCUT2D eigenvalue weighted by atomic mass is 127. The van der Waals surface area contributed by atoms with Crippen molar-refractivity contribution in [1.82, 2.24) is 10.6 Å². The minimum atomic E-state index is 0.0829. The van der Waals surface area contributed by atoms with E-state index in [0.29, 0.717) is 25.9 Å². The van der Waals surface area contributed by atoms with Crippen LogP contribution >= 0.6 is 68.7 Å². The average molecular weight is 572 g/mol. The minimum absolute atomic E-state index is 0.0829. The standard InChI is InChI=1S/C14H26I2N2O2S2/c15-5-11-21-9-1-3-13(19)17-7-8-18-14(20)4-2-10-22-12-6-16/h1-12H2,(H,17,19)(H,18,20). The number of rotatable bonds is 15. The highest BCUT2D eigenvalue weighted by molar-refractivity contribution is 14.1. The molecule has 0 aromatic heterocycles. The lowest BCUT2D eigenvalue weighted by Gasteiger charge is -2.07. The summed E-state index contributed by atoms with van der Waals surface area (Å²) in [5.41, 5.74) is 0. The van der Waals surface area contributed by atoms with Crippen molar-refractivity contribution < 1.29 is 9.59 Å². The van der Waals surface area contributed by atoms with Crippen molar-refractivity contribution in [3.63, 3.8) is 0 Å². The van der Waals surface area contributed by atoms with Crippen molar-refractivity contribution in [1.29, 1.82) is 0 Å². The molecule has 130 valence electrons. The summed E-state index contributed by atoms with van der Waals surface area (Å²) in [4.78, 5) is 23.1. The molecular weight excluding hydrogens is 546 g/mol. The summed E-state index contributed by atoms with van der Waals surface area (Å²) in [7, 11) is 0. The first kappa shape index (κ1) is 23.1. The van der Waals surface area contributed by atoms with Crippen molar-refractivity contribution in [2.45, 2.75) is 25.7 Å². The largest absolute Gasteiger partial charge is 0.354 e. The Hall–Kier alpha value is 1.10. The number of hydrogen-bond acceptors (Lipinski definition) is 4. The average Bonchev–Trinajstić information content (AvgIpc) is 2.51. The highest BCUT2D eigenvalue weighted by Gasteiger charge is 2.03.